The molecule has 0 radical (unpaired) electrons. The zero-order chi connectivity index (χ0) is 17.3. The van der Waals surface area contributed by atoms with Gasteiger partial charge in [0.25, 0.3) is 5.91 Å². The van der Waals surface area contributed by atoms with Gasteiger partial charge in [0, 0.05) is 20.2 Å². The first kappa shape index (κ1) is 16.6. The number of hydrogen-bond donors (Lipinski definition) is 0. The van der Waals surface area contributed by atoms with Gasteiger partial charge in [-0.05, 0) is 51.0 Å². The quantitative estimate of drug-likeness (QED) is 0.869. The van der Waals surface area contributed by atoms with Crippen LogP contribution in [0, 0.1) is 19.7 Å². The minimum Gasteiger partial charge on any atom is -0.381 e. The van der Waals surface area contributed by atoms with Crippen molar-refractivity contribution in [1.29, 1.82) is 0 Å². The first-order chi connectivity index (χ1) is 11.5. The number of likely N-dealkylation sites (tertiary alicyclic amines) is 1. The van der Waals surface area contributed by atoms with Gasteiger partial charge in [-0.2, -0.15) is 5.10 Å². The first-order valence-corrected chi connectivity index (χ1v) is 8.15. The van der Waals surface area contributed by atoms with Crippen molar-refractivity contribution in [1.82, 2.24) is 14.7 Å². The van der Waals surface area contributed by atoms with Gasteiger partial charge in [0.15, 0.2) is 0 Å². The van der Waals surface area contributed by atoms with E-state index in [0.717, 1.165) is 24.2 Å². The summed E-state index contributed by atoms with van der Waals surface area (Å²) in [4.78, 5) is 14.8. The van der Waals surface area contributed by atoms with Gasteiger partial charge in [-0.1, -0.05) is 0 Å². The number of amides is 1. The van der Waals surface area contributed by atoms with E-state index in [2.05, 4.69) is 5.10 Å². The molecule has 1 saturated heterocycles. The van der Waals surface area contributed by atoms with Crippen LogP contribution in [0.4, 0.5) is 4.39 Å². The second-order valence-corrected chi connectivity index (χ2v) is 6.16. The van der Waals surface area contributed by atoms with Crippen LogP contribution in [-0.4, -0.2) is 46.9 Å². The number of aryl methyl sites for hydroxylation is 1. The molecule has 0 bridgehead atoms. The molecule has 0 saturated carbocycles. The second-order valence-electron chi connectivity index (χ2n) is 6.16. The molecule has 1 amide bonds. The van der Waals surface area contributed by atoms with Gasteiger partial charge in [-0.25, -0.2) is 9.07 Å². The molecule has 1 aliphatic rings. The topological polar surface area (TPSA) is 47.4 Å². The summed E-state index contributed by atoms with van der Waals surface area (Å²) in [5.74, 6) is -0.287. The van der Waals surface area contributed by atoms with Crippen molar-refractivity contribution in [3.63, 3.8) is 0 Å². The Morgan fingerprint density at radius 1 is 1.21 bits per heavy atom. The smallest absolute Gasteiger partial charge is 0.257 e. The van der Waals surface area contributed by atoms with Gasteiger partial charge in [-0.3, -0.25) is 4.79 Å². The maximum absolute atomic E-state index is 13.1. The summed E-state index contributed by atoms with van der Waals surface area (Å²) in [5, 5.41) is 4.48. The predicted octanol–water partition coefficient (Wildman–Crippen LogP) is 2.88. The van der Waals surface area contributed by atoms with E-state index in [1.165, 1.54) is 12.1 Å². The lowest BCUT2D eigenvalue weighted by molar-refractivity contribution is 0.0350. The van der Waals surface area contributed by atoms with Crippen LogP contribution in [0.5, 0.6) is 0 Å². The third kappa shape index (κ3) is 3.06. The number of benzene rings is 1. The molecule has 24 heavy (non-hydrogen) atoms. The number of nitrogens with zero attached hydrogens (tertiary/aromatic N) is 3. The molecule has 6 heteroatoms. The molecular formula is C18H22FN3O2. The van der Waals surface area contributed by atoms with Crippen molar-refractivity contribution in [2.24, 2.45) is 0 Å². The van der Waals surface area contributed by atoms with Crippen molar-refractivity contribution >= 4 is 5.91 Å². The average molecular weight is 331 g/mol. The summed E-state index contributed by atoms with van der Waals surface area (Å²) in [6.07, 6.45) is 1.94. The molecule has 2 aromatic rings. The van der Waals surface area contributed by atoms with Crippen LogP contribution in [0.25, 0.3) is 5.69 Å². The third-order valence-corrected chi connectivity index (χ3v) is 4.64. The molecule has 0 N–H and O–H groups in total. The molecule has 0 unspecified atom stereocenters. The van der Waals surface area contributed by atoms with Gasteiger partial charge in [0.05, 0.1) is 28.7 Å². The van der Waals surface area contributed by atoms with E-state index < -0.39 is 0 Å². The zero-order valence-electron chi connectivity index (χ0n) is 14.3. The molecule has 2 heterocycles. The Bertz CT molecular complexity index is 731. The van der Waals surface area contributed by atoms with Gasteiger partial charge in [-0.15, -0.1) is 0 Å². The molecule has 0 spiro atoms. The van der Waals surface area contributed by atoms with E-state index in [1.54, 1.807) is 23.9 Å². The van der Waals surface area contributed by atoms with Crippen LogP contribution in [0.2, 0.25) is 0 Å². The summed E-state index contributed by atoms with van der Waals surface area (Å²) in [5.41, 5.74) is 2.85. The Hall–Kier alpha value is -2.21. The number of carbonyl (C=O) groups is 1. The lowest BCUT2D eigenvalue weighted by Gasteiger charge is -2.31. The SMILES string of the molecule is COC1CCN(C(=O)c2c(C)nn(-c3ccc(F)cc3)c2C)CC1. The number of rotatable bonds is 3. The monoisotopic (exact) mass is 331 g/mol. The number of methoxy groups -OCH3 is 1. The van der Waals surface area contributed by atoms with E-state index >= 15 is 0 Å². The van der Waals surface area contributed by atoms with E-state index in [1.807, 2.05) is 18.7 Å². The van der Waals surface area contributed by atoms with Crippen molar-refractivity contribution in [3.05, 3.63) is 47.0 Å². The molecular weight excluding hydrogens is 309 g/mol. The Balaban J connectivity index is 1.86. The first-order valence-electron chi connectivity index (χ1n) is 8.15. The fourth-order valence-corrected chi connectivity index (χ4v) is 3.24. The fraction of sp³-hybridized carbons (Fsp3) is 0.444. The molecule has 1 aromatic heterocycles. The summed E-state index contributed by atoms with van der Waals surface area (Å²) >= 11 is 0. The normalized spacial score (nSPS) is 15.8. The Labute approximate surface area is 141 Å². The number of halogens is 1. The molecule has 128 valence electrons. The lowest BCUT2D eigenvalue weighted by atomic mass is 10.1. The highest BCUT2D eigenvalue weighted by molar-refractivity contribution is 5.96. The number of aromatic nitrogens is 2. The molecule has 3 rings (SSSR count). The van der Waals surface area contributed by atoms with E-state index in [-0.39, 0.29) is 17.8 Å². The molecule has 1 aromatic carbocycles. The fourth-order valence-electron chi connectivity index (χ4n) is 3.24. The van der Waals surface area contributed by atoms with Gasteiger partial charge in [0.2, 0.25) is 0 Å². The van der Waals surface area contributed by atoms with E-state index in [0.29, 0.717) is 24.3 Å². The summed E-state index contributed by atoms with van der Waals surface area (Å²) < 4.78 is 20.2. The van der Waals surface area contributed by atoms with Gasteiger partial charge < -0.3 is 9.64 Å². The minimum absolute atomic E-state index is 0.00733. The van der Waals surface area contributed by atoms with Crippen LogP contribution in [0.3, 0.4) is 0 Å². The molecule has 0 atom stereocenters. The third-order valence-electron chi connectivity index (χ3n) is 4.64. The van der Waals surface area contributed by atoms with Crippen molar-refractivity contribution in [2.75, 3.05) is 20.2 Å². The van der Waals surface area contributed by atoms with Crippen molar-refractivity contribution in [3.8, 4) is 5.69 Å². The summed E-state index contributed by atoms with van der Waals surface area (Å²) in [6, 6.07) is 6.10. The van der Waals surface area contributed by atoms with Crippen LogP contribution < -0.4 is 0 Å². The van der Waals surface area contributed by atoms with Crippen LogP contribution in [-0.2, 0) is 4.74 Å². The number of hydrogen-bond acceptors (Lipinski definition) is 3. The average Bonchev–Trinajstić information content (AvgIpc) is 2.89. The van der Waals surface area contributed by atoms with Gasteiger partial charge in [0.1, 0.15) is 5.82 Å². The molecule has 5 nitrogen and oxygen atoms in total. The zero-order valence-corrected chi connectivity index (χ0v) is 14.3. The van der Waals surface area contributed by atoms with Crippen LogP contribution in [0.15, 0.2) is 24.3 Å². The highest BCUT2D eigenvalue weighted by Gasteiger charge is 2.27. The molecule has 1 fully saturated rings. The highest BCUT2D eigenvalue weighted by atomic mass is 19.1. The maximum Gasteiger partial charge on any atom is 0.257 e. The summed E-state index contributed by atoms with van der Waals surface area (Å²) in [7, 11) is 1.71. The second kappa shape index (κ2) is 6.73. The van der Waals surface area contributed by atoms with Crippen LogP contribution in [0.1, 0.15) is 34.6 Å². The highest BCUT2D eigenvalue weighted by Crippen LogP contribution is 2.22. The largest absolute Gasteiger partial charge is 0.381 e. The minimum atomic E-state index is -0.294. The number of carbonyl (C=O) groups excluding carboxylic acids is 1. The number of ether oxygens (including phenoxy) is 1. The van der Waals surface area contributed by atoms with E-state index in [4.69, 9.17) is 4.74 Å². The predicted molar refractivity (Wildman–Crippen MR) is 88.9 cm³/mol. The lowest BCUT2D eigenvalue weighted by Crippen LogP contribution is -2.41. The van der Waals surface area contributed by atoms with Gasteiger partial charge >= 0.3 is 0 Å². The standard InChI is InChI=1S/C18H22FN3O2/c1-12-17(18(23)21-10-8-16(24-3)9-11-21)13(2)22(20-12)15-6-4-14(19)5-7-15/h4-7,16H,8-11H2,1-3H3. The van der Waals surface area contributed by atoms with Crippen molar-refractivity contribution in [2.45, 2.75) is 32.8 Å². The van der Waals surface area contributed by atoms with Crippen LogP contribution >= 0.6 is 0 Å². The summed E-state index contributed by atoms with van der Waals surface area (Å²) in [6.45, 7) is 5.09. The molecule has 1 aliphatic heterocycles. The Morgan fingerprint density at radius 3 is 2.42 bits per heavy atom. The maximum atomic E-state index is 13.1. The molecule has 0 aliphatic carbocycles. The number of piperidine rings is 1. The van der Waals surface area contributed by atoms with Crippen molar-refractivity contribution < 1.29 is 13.9 Å². The van der Waals surface area contributed by atoms with E-state index in [9.17, 15) is 9.18 Å². The Kier molecular flexibility index (Phi) is 4.66. The Morgan fingerprint density at radius 2 is 1.83 bits per heavy atom.